The largest absolute Gasteiger partial charge is 0.550 e. The van der Waals surface area contributed by atoms with E-state index in [0.29, 0.717) is 0 Å². The molecule has 0 aliphatic carbocycles. The highest BCUT2D eigenvalue weighted by molar-refractivity contribution is 5.63. The van der Waals surface area contributed by atoms with Gasteiger partial charge >= 0.3 is 0 Å². The molecule has 0 bridgehead atoms. The van der Waals surface area contributed by atoms with Gasteiger partial charge in [0.15, 0.2) is 0 Å². The van der Waals surface area contributed by atoms with E-state index in [-0.39, 0.29) is 6.42 Å². The van der Waals surface area contributed by atoms with Gasteiger partial charge in [0.05, 0.1) is 0 Å². The van der Waals surface area contributed by atoms with Gasteiger partial charge in [-0.25, -0.2) is 0 Å². The predicted molar refractivity (Wildman–Crippen MR) is 75.2 cm³/mol. The zero-order valence-electron chi connectivity index (χ0n) is 12.0. The minimum absolute atomic E-state index is 0.223. The van der Waals surface area contributed by atoms with E-state index in [1.807, 2.05) is 0 Å². The normalized spacial score (nSPS) is 11.2. The first kappa shape index (κ1) is 17.2. The van der Waals surface area contributed by atoms with Crippen LogP contribution in [0.15, 0.2) is 12.2 Å². The number of carbonyl (C=O) groups excluding carboxylic acids is 1. The summed E-state index contributed by atoms with van der Waals surface area (Å²) in [6, 6.07) is 0. The molecule has 2 nitrogen and oxygen atoms in total. The third-order valence-electron chi connectivity index (χ3n) is 3.14. The van der Waals surface area contributed by atoms with Crippen molar-refractivity contribution < 1.29 is 9.90 Å². The summed E-state index contributed by atoms with van der Waals surface area (Å²) < 4.78 is 0. The summed E-state index contributed by atoms with van der Waals surface area (Å²) in [6.45, 7) is 2.23. The number of aliphatic carboxylic acids is 1. The van der Waals surface area contributed by atoms with Crippen molar-refractivity contribution in [2.75, 3.05) is 0 Å². The number of carboxylic acids is 1. The van der Waals surface area contributed by atoms with Crippen LogP contribution in [0, 0.1) is 0 Å². The minimum atomic E-state index is -0.914. The Bertz CT molecular complexity index is 209. The van der Waals surface area contributed by atoms with E-state index in [1.54, 1.807) is 0 Å². The van der Waals surface area contributed by atoms with Gasteiger partial charge in [0.2, 0.25) is 0 Å². The fourth-order valence-corrected chi connectivity index (χ4v) is 1.99. The van der Waals surface area contributed by atoms with Crippen molar-refractivity contribution in [2.24, 2.45) is 0 Å². The maximum absolute atomic E-state index is 10.2. The molecule has 0 aliphatic rings. The zero-order chi connectivity index (χ0) is 13.5. The number of unbranched alkanes of at least 4 members (excludes halogenated alkanes) is 9. The molecule has 0 aromatic carbocycles. The number of rotatable bonds is 13. The maximum Gasteiger partial charge on any atom is 0.0414 e. The number of hydrogen-bond donors (Lipinski definition) is 0. The van der Waals surface area contributed by atoms with E-state index in [4.69, 9.17) is 0 Å². The van der Waals surface area contributed by atoms with Gasteiger partial charge in [0.1, 0.15) is 0 Å². The zero-order valence-corrected chi connectivity index (χ0v) is 12.0. The molecule has 106 valence electrons. The smallest absolute Gasteiger partial charge is 0.0414 e. The Morgan fingerprint density at radius 3 is 1.89 bits per heavy atom. The summed E-state index contributed by atoms with van der Waals surface area (Å²) in [6.07, 6.45) is 18.0. The third-order valence-corrected chi connectivity index (χ3v) is 3.14. The lowest BCUT2D eigenvalue weighted by atomic mass is 10.1. The van der Waals surface area contributed by atoms with E-state index in [2.05, 4.69) is 19.1 Å². The number of hydrogen-bond acceptors (Lipinski definition) is 2. The highest BCUT2D eigenvalue weighted by Crippen LogP contribution is 2.09. The number of carboxylic acid groups (broad SMARTS) is 1. The second kappa shape index (κ2) is 14.3. The molecule has 0 saturated heterocycles. The molecule has 0 atom stereocenters. The standard InChI is InChI=1S/C16H30O2/c1-2-3-4-5-6-7-8-9-10-11-12-13-14-15-16(17)18/h6-7H,2-5,8-15H2,1H3,(H,17,18)/p-1/b7-6+. The van der Waals surface area contributed by atoms with Crippen molar-refractivity contribution in [1.29, 1.82) is 0 Å². The fraction of sp³-hybridized carbons (Fsp3) is 0.812. The average molecular weight is 253 g/mol. The van der Waals surface area contributed by atoms with Crippen LogP contribution in [0.3, 0.4) is 0 Å². The summed E-state index contributed by atoms with van der Waals surface area (Å²) in [5.41, 5.74) is 0. The quantitative estimate of drug-likeness (QED) is 0.368. The van der Waals surface area contributed by atoms with E-state index in [1.165, 1.54) is 51.4 Å². The highest BCUT2D eigenvalue weighted by atomic mass is 16.4. The second-order valence-electron chi connectivity index (χ2n) is 5.00. The van der Waals surface area contributed by atoms with E-state index in [0.717, 1.165) is 19.3 Å². The average Bonchev–Trinajstić information content (AvgIpc) is 2.34. The number of allylic oxidation sites excluding steroid dienone is 2. The Morgan fingerprint density at radius 1 is 0.833 bits per heavy atom. The topological polar surface area (TPSA) is 40.1 Å². The van der Waals surface area contributed by atoms with Crippen molar-refractivity contribution in [2.45, 2.75) is 84.0 Å². The summed E-state index contributed by atoms with van der Waals surface area (Å²) in [7, 11) is 0. The molecule has 0 saturated carbocycles. The van der Waals surface area contributed by atoms with Crippen molar-refractivity contribution in [3.05, 3.63) is 12.2 Å². The summed E-state index contributed by atoms with van der Waals surface area (Å²) in [5, 5.41) is 10.2. The van der Waals surface area contributed by atoms with Gasteiger partial charge in [0.25, 0.3) is 0 Å². The monoisotopic (exact) mass is 253 g/mol. The Hall–Kier alpha value is -0.790. The predicted octanol–water partition coefficient (Wildman–Crippen LogP) is 3.99. The lowest BCUT2D eigenvalue weighted by Gasteiger charge is -2.02. The van der Waals surface area contributed by atoms with Crippen LogP contribution < -0.4 is 5.11 Å². The molecule has 2 heteroatoms. The van der Waals surface area contributed by atoms with Crippen LogP contribution in [0.2, 0.25) is 0 Å². The van der Waals surface area contributed by atoms with Crippen LogP contribution in [0.4, 0.5) is 0 Å². The Labute approximate surface area is 112 Å². The molecular weight excluding hydrogens is 224 g/mol. The van der Waals surface area contributed by atoms with Crippen molar-refractivity contribution in [1.82, 2.24) is 0 Å². The summed E-state index contributed by atoms with van der Waals surface area (Å²) in [4.78, 5) is 10.2. The Morgan fingerprint density at radius 2 is 1.33 bits per heavy atom. The van der Waals surface area contributed by atoms with Gasteiger partial charge in [-0.05, 0) is 38.5 Å². The molecule has 0 heterocycles. The van der Waals surface area contributed by atoms with Crippen molar-refractivity contribution in [3.8, 4) is 0 Å². The molecule has 0 aromatic heterocycles. The van der Waals surface area contributed by atoms with Crippen molar-refractivity contribution in [3.63, 3.8) is 0 Å². The molecule has 0 radical (unpaired) electrons. The fourth-order valence-electron chi connectivity index (χ4n) is 1.99. The van der Waals surface area contributed by atoms with Crippen LogP contribution in [-0.4, -0.2) is 5.97 Å². The van der Waals surface area contributed by atoms with Crippen LogP contribution >= 0.6 is 0 Å². The van der Waals surface area contributed by atoms with Crippen LogP contribution in [-0.2, 0) is 4.79 Å². The van der Waals surface area contributed by atoms with Crippen molar-refractivity contribution >= 4 is 5.97 Å². The summed E-state index contributed by atoms with van der Waals surface area (Å²) >= 11 is 0. The minimum Gasteiger partial charge on any atom is -0.550 e. The van der Waals surface area contributed by atoms with E-state index in [9.17, 15) is 9.90 Å². The highest BCUT2D eigenvalue weighted by Gasteiger charge is 1.91. The van der Waals surface area contributed by atoms with Gasteiger partial charge in [-0.15, -0.1) is 0 Å². The molecule has 0 aromatic rings. The molecular formula is C16H29O2-. The van der Waals surface area contributed by atoms with Crippen LogP contribution in [0.25, 0.3) is 0 Å². The van der Waals surface area contributed by atoms with E-state index >= 15 is 0 Å². The van der Waals surface area contributed by atoms with Gasteiger partial charge < -0.3 is 9.90 Å². The first-order valence-electron chi connectivity index (χ1n) is 7.62. The maximum atomic E-state index is 10.2. The molecule has 0 unspecified atom stereocenters. The molecule has 18 heavy (non-hydrogen) atoms. The van der Waals surface area contributed by atoms with Gasteiger partial charge in [-0.3, -0.25) is 0 Å². The molecule has 0 rings (SSSR count). The molecule has 0 N–H and O–H groups in total. The van der Waals surface area contributed by atoms with E-state index < -0.39 is 5.97 Å². The molecule has 0 fully saturated rings. The van der Waals surface area contributed by atoms with Gasteiger partial charge in [0, 0.05) is 5.97 Å². The molecule has 0 amide bonds. The molecule has 0 aliphatic heterocycles. The SMILES string of the molecule is CCCCC/C=C/CCCCCCCCC(=O)[O-]. The van der Waals surface area contributed by atoms with Crippen LogP contribution in [0.1, 0.15) is 84.0 Å². The lowest BCUT2D eigenvalue weighted by Crippen LogP contribution is -2.21. The first-order valence-corrected chi connectivity index (χ1v) is 7.62. The van der Waals surface area contributed by atoms with Gasteiger partial charge in [-0.1, -0.05) is 57.6 Å². The third kappa shape index (κ3) is 15.2. The lowest BCUT2D eigenvalue weighted by molar-refractivity contribution is -0.305. The van der Waals surface area contributed by atoms with Gasteiger partial charge in [-0.2, -0.15) is 0 Å². The summed E-state index contributed by atoms with van der Waals surface area (Å²) in [5.74, 6) is -0.914. The Balaban J connectivity index is 3.04. The Kier molecular flexibility index (Phi) is 13.6. The second-order valence-corrected chi connectivity index (χ2v) is 5.00. The number of carbonyl (C=O) groups is 1. The first-order chi connectivity index (χ1) is 8.77. The molecule has 0 spiro atoms. The van der Waals surface area contributed by atoms with Crippen LogP contribution in [0.5, 0.6) is 0 Å².